The van der Waals surface area contributed by atoms with Gasteiger partial charge in [0.15, 0.2) is 0 Å². The van der Waals surface area contributed by atoms with Crippen LogP contribution in [-0.4, -0.2) is 17.0 Å². The summed E-state index contributed by atoms with van der Waals surface area (Å²) in [4.78, 5) is 23.1. The second-order valence-corrected chi connectivity index (χ2v) is 7.50. The number of hydrazone groups is 1. The SMILES string of the molecule is O=C(N/N=C/c1ccc(-c2cc([N+](=O)[O-])ccc2Cl)o1)c1ccccc1OCc1ccccc1. The van der Waals surface area contributed by atoms with Crippen molar-refractivity contribution in [3.8, 4) is 17.1 Å². The summed E-state index contributed by atoms with van der Waals surface area (Å²) < 4.78 is 11.5. The number of para-hydroxylation sites is 1. The maximum absolute atomic E-state index is 12.6. The van der Waals surface area contributed by atoms with Crippen molar-refractivity contribution in [1.29, 1.82) is 0 Å². The molecule has 0 aliphatic rings. The van der Waals surface area contributed by atoms with Crippen LogP contribution in [0.25, 0.3) is 11.3 Å². The van der Waals surface area contributed by atoms with Crippen molar-refractivity contribution in [2.45, 2.75) is 6.61 Å². The highest BCUT2D eigenvalue weighted by Crippen LogP contribution is 2.32. The van der Waals surface area contributed by atoms with Crippen LogP contribution in [0.4, 0.5) is 5.69 Å². The maximum atomic E-state index is 12.6. The molecule has 0 saturated carbocycles. The molecule has 0 aliphatic carbocycles. The minimum absolute atomic E-state index is 0.105. The van der Waals surface area contributed by atoms with Crippen molar-refractivity contribution in [2.24, 2.45) is 5.10 Å². The number of nitrogens with one attached hydrogen (secondary N) is 1. The van der Waals surface area contributed by atoms with Crippen LogP contribution >= 0.6 is 11.6 Å². The molecule has 0 fully saturated rings. The Morgan fingerprint density at radius 2 is 1.82 bits per heavy atom. The fraction of sp³-hybridized carbons (Fsp3) is 0.0400. The Morgan fingerprint density at radius 1 is 1.06 bits per heavy atom. The molecule has 1 N–H and O–H groups in total. The molecule has 34 heavy (non-hydrogen) atoms. The fourth-order valence-electron chi connectivity index (χ4n) is 3.11. The van der Waals surface area contributed by atoms with Gasteiger partial charge < -0.3 is 9.15 Å². The molecule has 8 nitrogen and oxygen atoms in total. The summed E-state index contributed by atoms with van der Waals surface area (Å²) in [5, 5.41) is 15.3. The van der Waals surface area contributed by atoms with Gasteiger partial charge in [-0.2, -0.15) is 5.10 Å². The van der Waals surface area contributed by atoms with E-state index in [-0.39, 0.29) is 5.69 Å². The number of nitro benzene ring substituents is 1. The summed E-state index contributed by atoms with van der Waals surface area (Å²) in [6.45, 7) is 0.323. The smallest absolute Gasteiger partial charge is 0.275 e. The highest BCUT2D eigenvalue weighted by atomic mass is 35.5. The van der Waals surface area contributed by atoms with E-state index in [1.165, 1.54) is 24.4 Å². The third-order valence-corrected chi connectivity index (χ3v) is 5.11. The molecule has 0 unspecified atom stereocenters. The Kier molecular flexibility index (Phi) is 7.00. The summed E-state index contributed by atoms with van der Waals surface area (Å²) >= 11 is 6.15. The van der Waals surface area contributed by atoms with Gasteiger partial charge in [-0.3, -0.25) is 14.9 Å². The predicted octanol–water partition coefficient (Wildman–Crippen LogP) is 5.85. The van der Waals surface area contributed by atoms with Crippen LogP contribution < -0.4 is 10.2 Å². The number of nitrogens with zero attached hydrogens (tertiary/aromatic N) is 2. The molecular weight excluding hydrogens is 458 g/mol. The molecular formula is C25H18ClN3O5. The quantitative estimate of drug-likeness (QED) is 0.195. The first-order chi connectivity index (χ1) is 16.5. The highest BCUT2D eigenvalue weighted by Gasteiger charge is 2.15. The summed E-state index contributed by atoms with van der Waals surface area (Å²) in [6.07, 6.45) is 1.32. The number of hydrogen-bond acceptors (Lipinski definition) is 6. The Hall–Kier alpha value is -4.43. The van der Waals surface area contributed by atoms with Crippen molar-refractivity contribution in [1.82, 2.24) is 5.43 Å². The lowest BCUT2D eigenvalue weighted by atomic mass is 10.1. The van der Waals surface area contributed by atoms with Crippen LogP contribution in [0, 0.1) is 10.1 Å². The van der Waals surface area contributed by atoms with E-state index < -0.39 is 10.8 Å². The predicted molar refractivity (Wildman–Crippen MR) is 128 cm³/mol. The number of carbonyl (C=O) groups excluding carboxylic acids is 1. The number of nitro groups is 1. The van der Waals surface area contributed by atoms with Gasteiger partial charge in [-0.15, -0.1) is 0 Å². The Labute approximate surface area is 199 Å². The van der Waals surface area contributed by atoms with Gasteiger partial charge >= 0.3 is 0 Å². The zero-order valence-corrected chi connectivity index (χ0v) is 18.4. The first kappa shape index (κ1) is 22.8. The van der Waals surface area contributed by atoms with Gasteiger partial charge in [0.1, 0.15) is 23.9 Å². The van der Waals surface area contributed by atoms with E-state index in [1.54, 1.807) is 36.4 Å². The third kappa shape index (κ3) is 5.48. The number of hydrogen-bond donors (Lipinski definition) is 1. The van der Waals surface area contributed by atoms with Crippen LogP contribution in [0.15, 0.2) is 94.4 Å². The number of ether oxygens (including phenoxy) is 1. The van der Waals surface area contributed by atoms with Gasteiger partial charge in [0, 0.05) is 17.7 Å². The largest absolute Gasteiger partial charge is 0.488 e. The zero-order chi connectivity index (χ0) is 23.9. The lowest BCUT2D eigenvalue weighted by Gasteiger charge is -2.10. The molecule has 1 aromatic heterocycles. The molecule has 4 aromatic rings. The monoisotopic (exact) mass is 475 g/mol. The van der Waals surface area contributed by atoms with Crippen molar-refractivity contribution in [3.05, 3.63) is 117 Å². The van der Waals surface area contributed by atoms with Gasteiger partial charge in [0.05, 0.1) is 21.7 Å². The average Bonchev–Trinajstić information content (AvgIpc) is 3.32. The second kappa shape index (κ2) is 10.5. The molecule has 0 spiro atoms. The van der Waals surface area contributed by atoms with Crippen LogP contribution in [0.5, 0.6) is 5.75 Å². The van der Waals surface area contributed by atoms with Crippen LogP contribution in [0.1, 0.15) is 21.7 Å². The minimum atomic E-state index is -0.512. The summed E-state index contributed by atoms with van der Waals surface area (Å²) in [5.41, 5.74) is 4.03. The van der Waals surface area contributed by atoms with Gasteiger partial charge in [0.2, 0.25) is 0 Å². The molecule has 0 bridgehead atoms. The van der Waals surface area contributed by atoms with Gasteiger partial charge in [0.25, 0.3) is 11.6 Å². The van der Waals surface area contributed by atoms with Crippen LogP contribution in [0.3, 0.4) is 0 Å². The van der Waals surface area contributed by atoms with Crippen molar-refractivity contribution >= 4 is 29.4 Å². The first-order valence-corrected chi connectivity index (χ1v) is 10.5. The van der Waals surface area contributed by atoms with Gasteiger partial charge in [-0.25, -0.2) is 5.43 Å². The van der Waals surface area contributed by atoms with E-state index in [9.17, 15) is 14.9 Å². The molecule has 1 heterocycles. The van der Waals surface area contributed by atoms with E-state index in [0.717, 1.165) is 5.56 Å². The molecule has 4 rings (SSSR count). The number of non-ortho nitro benzene ring substituents is 1. The number of carbonyl (C=O) groups is 1. The van der Waals surface area contributed by atoms with E-state index >= 15 is 0 Å². The Bertz CT molecular complexity index is 1350. The molecule has 9 heteroatoms. The number of amides is 1. The minimum Gasteiger partial charge on any atom is -0.488 e. The van der Waals surface area contributed by atoms with Gasteiger partial charge in [-0.1, -0.05) is 54.1 Å². The maximum Gasteiger partial charge on any atom is 0.275 e. The molecule has 0 aliphatic heterocycles. The molecule has 0 radical (unpaired) electrons. The summed E-state index contributed by atoms with van der Waals surface area (Å²) in [6, 6.07) is 23.8. The first-order valence-electron chi connectivity index (χ1n) is 10.1. The van der Waals surface area contributed by atoms with E-state index in [0.29, 0.717) is 40.0 Å². The fourth-order valence-corrected chi connectivity index (χ4v) is 3.32. The number of benzene rings is 3. The van der Waals surface area contributed by atoms with Gasteiger partial charge in [-0.05, 0) is 35.9 Å². The summed E-state index contributed by atoms with van der Waals surface area (Å²) in [5.74, 6) is 0.640. The van der Waals surface area contributed by atoms with Crippen molar-refractivity contribution in [2.75, 3.05) is 0 Å². The lowest BCUT2D eigenvalue weighted by molar-refractivity contribution is -0.384. The standard InChI is InChI=1S/C25H18ClN3O5/c26-22-12-10-18(29(31)32)14-21(22)24-13-11-19(34-24)15-27-28-25(30)20-8-4-5-9-23(20)33-16-17-6-2-1-3-7-17/h1-15H,16H2,(H,28,30)/b27-15+. The second-order valence-electron chi connectivity index (χ2n) is 7.09. The molecule has 0 saturated heterocycles. The zero-order valence-electron chi connectivity index (χ0n) is 17.7. The Morgan fingerprint density at radius 3 is 2.62 bits per heavy atom. The van der Waals surface area contributed by atoms with Crippen molar-refractivity contribution in [3.63, 3.8) is 0 Å². The van der Waals surface area contributed by atoms with Crippen LogP contribution in [0.2, 0.25) is 5.02 Å². The van der Waals surface area contributed by atoms with Crippen LogP contribution in [-0.2, 0) is 6.61 Å². The van der Waals surface area contributed by atoms with E-state index in [4.69, 9.17) is 20.8 Å². The topological polar surface area (TPSA) is 107 Å². The molecule has 1 amide bonds. The van der Waals surface area contributed by atoms with E-state index in [1.807, 2.05) is 30.3 Å². The number of furan rings is 1. The number of rotatable bonds is 8. The van der Waals surface area contributed by atoms with Crippen molar-refractivity contribution < 1.29 is 18.9 Å². The number of halogens is 1. The summed E-state index contributed by atoms with van der Waals surface area (Å²) in [7, 11) is 0. The lowest BCUT2D eigenvalue weighted by Crippen LogP contribution is -2.18. The molecule has 3 aromatic carbocycles. The third-order valence-electron chi connectivity index (χ3n) is 4.78. The average molecular weight is 476 g/mol. The molecule has 170 valence electrons. The normalized spacial score (nSPS) is 10.9. The highest BCUT2D eigenvalue weighted by molar-refractivity contribution is 6.33. The molecule has 0 atom stereocenters. The van der Waals surface area contributed by atoms with E-state index in [2.05, 4.69) is 10.5 Å². The Balaban J connectivity index is 1.42.